The summed E-state index contributed by atoms with van der Waals surface area (Å²) >= 11 is 0. The highest BCUT2D eigenvalue weighted by molar-refractivity contribution is 5.97. The van der Waals surface area contributed by atoms with Crippen molar-refractivity contribution < 1.29 is 9.18 Å². The molecule has 5 nitrogen and oxygen atoms in total. The summed E-state index contributed by atoms with van der Waals surface area (Å²) in [6.07, 6.45) is 4.53. The monoisotopic (exact) mass is 322 g/mol. The van der Waals surface area contributed by atoms with Gasteiger partial charge in [0.25, 0.3) is 5.91 Å². The fourth-order valence-corrected chi connectivity index (χ4v) is 2.73. The molecule has 0 spiro atoms. The third-order valence-electron chi connectivity index (χ3n) is 3.91. The van der Waals surface area contributed by atoms with Crippen LogP contribution in [0.2, 0.25) is 0 Å². The number of pyridine rings is 1. The van der Waals surface area contributed by atoms with E-state index in [4.69, 9.17) is 0 Å². The molecule has 3 aromatic heterocycles. The molecule has 0 bridgehead atoms. The third kappa shape index (κ3) is 2.74. The zero-order valence-electron chi connectivity index (χ0n) is 12.8. The summed E-state index contributed by atoms with van der Waals surface area (Å²) in [7, 11) is 0. The number of carbonyl (C=O) groups is 1. The number of H-pyrrole nitrogens is 1. The number of hydrogen-bond acceptors (Lipinski definition) is 2. The highest BCUT2D eigenvalue weighted by Gasteiger charge is 2.10. The van der Waals surface area contributed by atoms with Crippen molar-refractivity contribution in [2.75, 3.05) is 6.54 Å². The first-order valence-corrected chi connectivity index (χ1v) is 7.68. The van der Waals surface area contributed by atoms with Crippen LogP contribution in [0.3, 0.4) is 0 Å². The molecule has 0 saturated carbocycles. The van der Waals surface area contributed by atoms with Crippen LogP contribution >= 0.6 is 0 Å². The summed E-state index contributed by atoms with van der Waals surface area (Å²) in [4.78, 5) is 19.7. The van der Waals surface area contributed by atoms with Gasteiger partial charge in [-0.05, 0) is 36.4 Å². The Hall–Kier alpha value is -3.15. The number of fused-ring (bicyclic) bond motifs is 2. The molecule has 0 fully saturated rings. The first-order valence-electron chi connectivity index (χ1n) is 7.68. The number of halogens is 1. The quantitative estimate of drug-likeness (QED) is 0.607. The predicted molar refractivity (Wildman–Crippen MR) is 89.5 cm³/mol. The lowest BCUT2D eigenvalue weighted by Crippen LogP contribution is -2.26. The predicted octanol–water partition coefficient (Wildman–Crippen LogP) is 2.93. The molecule has 2 N–H and O–H groups in total. The van der Waals surface area contributed by atoms with E-state index in [-0.39, 0.29) is 11.7 Å². The van der Waals surface area contributed by atoms with Crippen molar-refractivity contribution >= 4 is 22.5 Å². The van der Waals surface area contributed by atoms with Gasteiger partial charge in [0.1, 0.15) is 17.2 Å². The van der Waals surface area contributed by atoms with Crippen LogP contribution in [0.4, 0.5) is 4.39 Å². The van der Waals surface area contributed by atoms with Gasteiger partial charge in [-0.1, -0.05) is 6.07 Å². The lowest BCUT2D eigenvalue weighted by molar-refractivity contribution is 0.0950. The summed E-state index contributed by atoms with van der Waals surface area (Å²) in [6, 6.07) is 11.9. The molecule has 3 heterocycles. The standard InChI is InChI=1S/C18H15FN4O/c19-13-4-5-15-12(9-13)10-16(22-15)18(24)20-7-6-14-11-23-8-2-1-3-17(23)21-14/h1-5,8-11,22H,6-7H2,(H,20,24). The second-order valence-electron chi connectivity index (χ2n) is 5.62. The van der Waals surface area contributed by atoms with Crippen molar-refractivity contribution in [1.82, 2.24) is 19.7 Å². The number of amides is 1. The average Bonchev–Trinajstić information content (AvgIpc) is 3.17. The van der Waals surface area contributed by atoms with Crippen LogP contribution < -0.4 is 5.32 Å². The van der Waals surface area contributed by atoms with Crippen molar-refractivity contribution in [1.29, 1.82) is 0 Å². The normalized spacial score (nSPS) is 11.2. The lowest BCUT2D eigenvalue weighted by Gasteiger charge is -2.01. The molecule has 0 atom stereocenters. The van der Waals surface area contributed by atoms with Crippen molar-refractivity contribution in [2.24, 2.45) is 0 Å². The molecule has 0 saturated heterocycles. The summed E-state index contributed by atoms with van der Waals surface area (Å²) in [5, 5.41) is 3.54. The summed E-state index contributed by atoms with van der Waals surface area (Å²) < 4.78 is 15.1. The van der Waals surface area contributed by atoms with Gasteiger partial charge in [-0.25, -0.2) is 9.37 Å². The molecule has 0 radical (unpaired) electrons. The number of imidazole rings is 1. The second-order valence-corrected chi connectivity index (χ2v) is 5.62. The van der Waals surface area contributed by atoms with Gasteiger partial charge in [-0.15, -0.1) is 0 Å². The van der Waals surface area contributed by atoms with E-state index in [1.165, 1.54) is 12.1 Å². The van der Waals surface area contributed by atoms with E-state index in [0.29, 0.717) is 24.0 Å². The Morgan fingerprint density at radius 1 is 1.25 bits per heavy atom. The minimum Gasteiger partial charge on any atom is -0.351 e. The van der Waals surface area contributed by atoms with Gasteiger partial charge in [-0.2, -0.15) is 0 Å². The SMILES string of the molecule is O=C(NCCc1cn2ccccc2n1)c1cc2cc(F)ccc2[nH]1. The second kappa shape index (κ2) is 5.81. The van der Waals surface area contributed by atoms with Crippen LogP contribution in [0.5, 0.6) is 0 Å². The molecule has 24 heavy (non-hydrogen) atoms. The Labute approximate surface area is 137 Å². The van der Waals surface area contributed by atoms with E-state index in [2.05, 4.69) is 15.3 Å². The molecule has 4 rings (SSSR count). The van der Waals surface area contributed by atoms with E-state index < -0.39 is 0 Å². The number of nitrogens with zero attached hydrogens (tertiary/aromatic N) is 2. The number of aromatic amines is 1. The van der Waals surface area contributed by atoms with Crippen molar-refractivity contribution in [3.05, 3.63) is 72.1 Å². The third-order valence-corrected chi connectivity index (χ3v) is 3.91. The van der Waals surface area contributed by atoms with Gasteiger partial charge < -0.3 is 14.7 Å². The maximum Gasteiger partial charge on any atom is 0.267 e. The largest absolute Gasteiger partial charge is 0.351 e. The summed E-state index contributed by atoms with van der Waals surface area (Å²) in [5.41, 5.74) is 2.96. The van der Waals surface area contributed by atoms with Crippen molar-refractivity contribution in [3.63, 3.8) is 0 Å². The number of nitrogens with one attached hydrogen (secondary N) is 2. The van der Waals surface area contributed by atoms with Crippen LogP contribution in [0.25, 0.3) is 16.6 Å². The topological polar surface area (TPSA) is 62.2 Å². The van der Waals surface area contributed by atoms with E-state index >= 15 is 0 Å². The van der Waals surface area contributed by atoms with Crippen molar-refractivity contribution in [3.8, 4) is 0 Å². The molecule has 0 aliphatic carbocycles. The Balaban J connectivity index is 1.41. The number of rotatable bonds is 4. The van der Waals surface area contributed by atoms with Crippen LogP contribution in [0, 0.1) is 5.82 Å². The summed E-state index contributed by atoms with van der Waals surface area (Å²) in [5.74, 6) is -0.532. The first-order chi connectivity index (χ1) is 11.7. The van der Waals surface area contributed by atoms with Gasteiger partial charge in [0, 0.05) is 36.3 Å². The molecular formula is C18H15FN4O. The smallest absolute Gasteiger partial charge is 0.267 e. The van der Waals surface area contributed by atoms with Gasteiger partial charge in [0.15, 0.2) is 0 Å². The maximum atomic E-state index is 13.2. The fourth-order valence-electron chi connectivity index (χ4n) is 2.73. The van der Waals surface area contributed by atoms with Crippen LogP contribution in [-0.2, 0) is 6.42 Å². The minimum atomic E-state index is -0.319. The Kier molecular flexibility index (Phi) is 3.49. The fraction of sp³-hybridized carbons (Fsp3) is 0.111. The Bertz CT molecular complexity index is 1000. The van der Waals surface area contributed by atoms with E-state index in [1.54, 1.807) is 12.1 Å². The molecule has 1 amide bonds. The first kappa shape index (κ1) is 14.4. The van der Waals surface area contributed by atoms with E-state index in [0.717, 1.165) is 16.9 Å². The van der Waals surface area contributed by atoms with Gasteiger partial charge >= 0.3 is 0 Å². The number of benzene rings is 1. The van der Waals surface area contributed by atoms with Crippen LogP contribution in [0.1, 0.15) is 16.2 Å². The molecule has 4 aromatic rings. The maximum absolute atomic E-state index is 13.2. The molecule has 1 aromatic carbocycles. The summed E-state index contributed by atoms with van der Waals surface area (Å²) in [6.45, 7) is 0.479. The van der Waals surface area contributed by atoms with Crippen LogP contribution in [0.15, 0.2) is 54.9 Å². The van der Waals surface area contributed by atoms with E-state index in [9.17, 15) is 9.18 Å². The van der Waals surface area contributed by atoms with Crippen molar-refractivity contribution in [2.45, 2.75) is 6.42 Å². The van der Waals surface area contributed by atoms with Crippen LogP contribution in [-0.4, -0.2) is 26.8 Å². The number of hydrogen-bond donors (Lipinski definition) is 2. The number of aromatic nitrogens is 3. The molecule has 0 aliphatic rings. The molecule has 0 unspecified atom stereocenters. The Morgan fingerprint density at radius 3 is 3.04 bits per heavy atom. The molecule has 6 heteroatoms. The zero-order chi connectivity index (χ0) is 16.5. The average molecular weight is 322 g/mol. The lowest BCUT2D eigenvalue weighted by atomic mass is 10.2. The Morgan fingerprint density at radius 2 is 2.17 bits per heavy atom. The molecular weight excluding hydrogens is 307 g/mol. The molecule has 120 valence electrons. The van der Waals surface area contributed by atoms with Gasteiger partial charge in [-0.3, -0.25) is 4.79 Å². The van der Waals surface area contributed by atoms with Gasteiger partial charge in [0.05, 0.1) is 5.69 Å². The number of carbonyl (C=O) groups excluding carboxylic acids is 1. The molecule has 0 aliphatic heterocycles. The zero-order valence-corrected chi connectivity index (χ0v) is 12.8. The minimum absolute atomic E-state index is 0.213. The van der Waals surface area contributed by atoms with E-state index in [1.807, 2.05) is 35.0 Å². The highest BCUT2D eigenvalue weighted by atomic mass is 19.1. The highest BCUT2D eigenvalue weighted by Crippen LogP contribution is 2.16. The van der Waals surface area contributed by atoms with Gasteiger partial charge in [0.2, 0.25) is 0 Å².